The molecule has 0 aliphatic heterocycles. The highest BCUT2D eigenvalue weighted by Crippen LogP contribution is 1.54. The van der Waals surface area contributed by atoms with Crippen LogP contribution in [0.4, 0.5) is 0 Å². The standard InChI is InChI=1S/C10H6/c1-3-5-7-9-10-8-6-4-2/h1-2H3. The van der Waals surface area contributed by atoms with Crippen molar-refractivity contribution in [3.63, 3.8) is 0 Å². The van der Waals surface area contributed by atoms with Gasteiger partial charge in [-0.25, -0.2) is 0 Å². The Bertz CT molecular complexity index is 279. The van der Waals surface area contributed by atoms with E-state index in [0.717, 1.165) is 0 Å². The van der Waals surface area contributed by atoms with Crippen molar-refractivity contribution in [1.29, 1.82) is 0 Å². The summed E-state index contributed by atoms with van der Waals surface area (Å²) in [5.41, 5.74) is 0. The van der Waals surface area contributed by atoms with E-state index in [2.05, 4.69) is 47.4 Å². The second-order valence-corrected chi connectivity index (χ2v) is 1.25. The first kappa shape index (κ1) is 8.24. The Morgan fingerprint density at radius 2 is 0.800 bits per heavy atom. The van der Waals surface area contributed by atoms with Crippen LogP contribution in [0.3, 0.4) is 0 Å². The van der Waals surface area contributed by atoms with Crippen LogP contribution in [-0.2, 0) is 0 Å². The van der Waals surface area contributed by atoms with Crippen molar-refractivity contribution < 1.29 is 0 Å². The summed E-state index contributed by atoms with van der Waals surface area (Å²) in [5.74, 6) is 20.5. The van der Waals surface area contributed by atoms with Crippen LogP contribution in [0.2, 0.25) is 0 Å². The van der Waals surface area contributed by atoms with Crippen LogP contribution in [0.5, 0.6) is 0 Å². The lowest BCUT2D eigenvalue weighted by atomic mass is 10.5. The molecule has 0 aromatic carbocycles. The van der Waals surface area contributed by atoms with E-state index < -0.39 is 0 Å². The summed E-state index contributed by atoms with van der Waals surface area (Å²) >= 11 is 0. The highest BCUT2D eigenvalue weighted by Gasteiger charge is 1.51. The fourth-order valence-corrected chi connectivity index (χ4v) is 0.250. The molecule has 0 radical (unpaired) electrons. The fourth-order valence-electron chi connectivity index (χ4n) is 0.250. The molecule has 0 heteroatoms. The lowest BCUT2D eigenvalue weighted by Crippen LogP contribution is -1.51. The van der Waals surface area contributed by atoms with Crippen molar-refractivity contribution in [2.45, 2.75) is 13.8 Å². The molecule has 10 heavy (non-hydrogen) atoms. The van der Waals surface area contributed by atoms with Gasteiger partial charge in [0.25, 0.3) is 0 Å². The highest BCUT2D eigenvalue weighted by molar-refractivity contribution is 5.39. The average Bonchev–Trinajstić information content (AvgIpc) is 1.97. The van der Waals surface area contributed by atoms with Gasteiger partial charge in [0, 0.05) is 0 Å². The minimum atomic E-state index is 1.73. The highest BCUT2D eigenvalue weighted by atomic mass is 13.5. The van der Waals surface area contributed by atoms with Gasteiger partial charge in [0.15, 0.2) is 0 Å². The quantitative estimate of drug-likeness (QED) is 0.425. The molecule has 0 unspecified atom stereocenters. The normalized spacial score (nSPS) is 3.80. The van der Waals surface area contributed by atoms with E-state index >= 15 is 0 Å². The maximum absolute atomic E-state index is 2.63. The number of rotatable bonds is 0. The van der Waals surface area contributed by atoms with Crippen LogP contribution in [0.1, 0.15) is 13.8 Å². The van der Waals surface area contributed by atoms with Crippen molar-refractivity contribution >= 4 is 0 Å². The van der Waals surface area contributed by atoms with Gasteiger partial charge < -0.3 is 0 Å². The summed E-state index contributed by atoms with van der Waals surface area (Å²) in [6.07, 6.45) is 0. The molecule has 0 nitrogen and oxygen atoms in total. The Kier molecular flexibility index (Phi) is 5.97. The van der Waals surface area contributed by atoms with Gasteiger partial charge in [-0.15, -0.1) is 0 Å². The van der Waals surface area contributed by atoms with Gasteiger partial charge in [0.1, 0.15) is 0 Å². The SMILES string of the molecule is CC#CC#CC#CC#CC. The van der Waals surface area contributed by atoms with Crippen LogP contribution in [0.15, 0.2) is 0 Å². The summed E-state index contributed by atoms with van der Waals surface area (Å²) in [7, 11) is 0. The maximum Gasteiger partial charge on any atom is -0.0000347 e. The van der Waals surface area contributed by atoms with Crippen LogP contribution >= 0.6 is 0 Å². The van der Waals surface area contributed by atoms with Crippen molar-refractivity contribution in [2.24, 2.45) is 0 Å². The molecule has 0 N–H and O–H groups in total. The van der Waals surface area contributed by atoms with Gasteiger partial charge in [-0.2, -0.15) is 0 Å². The van der Waals surface area contributed by atoms with E-state index in [1.54, 1.807) is 13.8 Å². The summed E-state index contributed by atoms with van der Waals surface area (Å²) < 4.78 is 0. The molecular formula is C10H6. The molecule has 0 aromatic rings. The molecule has 0 saturated carbocycles. The summed E-state index contributed by atoms with van der Waals surface area (Å²) in [6.45, 7) is 3.46. The third kappa shape index (κ3) is 6.24. The molecule has 0 atom stereocenters. The first-order chi connectivity index (χ1) is 4.91. The van der Waals surface area contributed by atoms with Gasteiger partial charge in [-0.05, 0) is 49.4 Å². The molecule has 0 heterocycles. The number of hydrogen-bond donors (Lipinski definition) is 0. The minimum Gasteiger partial charge on any atom is -0.0925 e. The molecule has 0 amide bonds. The molecule has 0 aliphatic carbocycles. The zero-order valence-corrected chi connectivity index (χ0v) is 6.00. The average molecular weight is 126 g/mol. The zero-order valence-electron chi connectivity index (χ0n) is 6.00. The van der Waals surface area contributed by atoms with Gasteiger partial charge >= 0.3 is 0 Å². The van der Waals surface area contributed by atoms with Crippen LogP contribution < -0.4 is 0 Å². The second kappa shape index (κ2) is 7.24. The van der Waals surface area contributed by atoms with E-state index in [1.165, 1.54) is 0 Å². The van der Waals surface area contributed by atoms with Gasteiger partial charge in [-0.1, -0.05) is 11.8 Å². The summed E-state index contributed by atoms with van der Waals surface area (Å²) in [5, 5.41) is 0. The third-order valence-electron chi connectivity index (χ3n) is 0.562. The topological polar surface area (TPSA) is 0 Å². The van der Waals surface area contributed by atoms with Crippen LogP contribution in [0, 0.1) is 47.4 Å². The largest absolute Gasteiger partial charge is 0.0925 e. The lowest BCUT2D eigenvalue weighted by Gasteiger charge is -1.53. The molecule has 0 bridgehead atoms. The van der Waals surface area contributed by atoms with Crippen LogP contribution in [-0.4, -0.2) is 0 Å². The van der Waals surface area contributed by atoms with Gasteiger partial charge in [0.05, 0.1) is 0 Å². The molecule has 0 spiro atoms. The van der Waals surface area contributed by atoms with E-state index in [4.69, 9.17) is 0 Å². The predicted octanol–water partition coefficient (Wildman–Crippen LogP) is 1.04. The van der Waals surface area contributed by atoms with Crippen LogP contribution in [0.25, 0.3) is 0 Å². The molecule has 0 saturated heterocycles. The predicted molar refractivity (Wildman–Crippen MR) is 42.5 cm³/mol. The lowest BCUT2D eigenvalue weighted by molar-refractivity contribution is 1.92. The maximum atomic E-state index is 2.63. The van der Waals surface area contributed by atoms with E-state index in [9.17, 15) is 0 Å². The Morgan fingerprint density at radius 1 is 0.500 bits per heavy atom. The molecule has 0 fully saturated rings. The summed E-state index contributed by atoms with van der Waals surface area (Å²) in [6, 6.07) is 0. The molecular weight excluding hydrogens is 120 g/mol. The Labute approximate surface area is 62.0 Å². The molecule has 0 rings (SSSR count). The van der Waals surface area contributed by atoms with E-state index in [1.807, 2.05) is 0 Å². The first-order valence-corrected chi connectivity index (χ1v) is 2.75. The smallest absolute Gasteiger partial charge is 0.0000347 e. The Hall–Kier alpha value is -1.76. The number of hydrogen-bond acceptors (Lipinski definition) is 0. The third-order valence-corrected chi connectivity index (χ3v) is 0.562. The van der Waals surface area contributed by atoms with Crippen molar-refractivity contribution in [1.82, 2.24) is 0 Å². The zero-order chi connectivity index (χ0) is 7.66. The van der Waals surface area contributed by atoms with Crippen molar-refractivity contribution in [2.75, 3.05) is 0 Å². The van der Waals surface area contributed by atoms with E-state index in [0.29, 0.717) is 0 Å². The monoisotopic (exact) mass is 126 g/mol. The van der Waals surface area contributed by atoms with Crippen molar-refractivity contribution in [3.05, 3.63) is 0 Å². The first-order valence-electron chi connectivity index (χ1n) is 2.75. The van der Waals surface area contributed by atoms with Gasteiger partial charge in [-0.3, -0.25) is 0 Å². The Morgan fingerprint density at radius 3 is 1.10 bits per heavy atom. The van der Waals surface area contributed by atoms with E-state index in [-0.39, 0.29) is 0 Å². The fraction of sp³-hybridized carbons (Fsp3) is 0.200. The summed E-state index contributed by atoms with van der Waals surface area (Å²) in [4.78, 5) is 0. The Balaban J connectivity index is 3.94. The second-order valence-electron chi connectivity index (χ2n) is 1.25. The molecule has 0 aliphatic rings. The van der Waals surface area contributed by atoms with Crippen molar-refractivity contribution in [3.8, 4) is 47.4 Å². The minimum absolute atomic E-state index is 1.73. The molecule has 46 valence electrons. The van der Waals surface area contributed by atoms with Gasteiger partial charge in [0.2, 0.25) is 0 Å². The molecule has 0 aromatic heterocycles.